The van der Waals surface area contributed by atoms with Crippen molar-refractivity contribution in [2.24, 2.45) is 22.4 Å². The van der Waals surface area contributed by atoms with Gasteiger partial charge in [0, 0.05) is 5.69 Å². The number of oxime groups is 1. The molecular weight excluding hydrogens is 495 g/mol. The number of H-pyrrole nitrogens is 1. The van der Waals surface area contributed by atoms with Crippen LogP contribution in [0.25, 0.3) is 0 Å². The fraction of sp³-hybridized carbons (Fsp3) is 0.235. The highest BCUT2D eigenvalue weighted by Crippen LogP contribution is 2.31. The van der Waals surface area contributed by atoms with Crippen LogP contribution in [0.3, 0.4) is 0 Å². The number of carbonyl (C=O) groups is 1. The summed E-state index contributed by atoms with van der Waals surface area (Å²) in [4.78, 5) is 29.1. The van der Waals surface area contributed by atoms with E-state index in [-0.39, 0.29) is 24.3 Å². The van der Waals surface area contributed by atoms with Crippen molar-refractivity contribution in [2.75, 3.05) is 11.3 Å². The molecule has 0 fully saturated rings. The Bertz CT molecular complexity index is 1300. The average molecular weight is 512 g/mol. The van der Waals surface area contributed by atoms with E-state index < -0.39 is 73.0 Å². The number of sulfonamides is 1. The summed E-state index contributed by atoms with van der Waals surface area (Å²) < 4.78 is 95.1. The van der Waals surface area contributed by atoms with Crippen molar-refractivity contribution in [3.05, 3.63) is 56.8 Å². The molecule has 11 nitrogen and oxygen atoms in total. The normalized spacial score (nSPS) is 12.2. The number of amides is 1. The fourth-order valence-electron chi connectivity index (χ4n) is 2.84. The Balaban J connectivity index is 2.62. The van der Waals surface area contributed by atoms with Crippen LogP contribution in [-0.4, -0.2) is 31.9 Å². The van der Waals surface area contributed by atoms with Gasteiger partial charge in [-0.3, -0.25) is 14.3 Å². The molecule has 1 atom stereocenters. The lowest BCUT2D eigenvalue weighted by atomic mass is 9.94. The van der Waals surface area contributed by atoms with Gasteiger partial charge >= 0.3 is 0 Å². The molecule has 1 aromatic heterocycles. The van der Waals surface area contributed by atoms with Gasteiger partial charge in [-0.25, -0.2) is 30.4 Å². The van der Waals surface area contributed by atoms with Gasteiger partial charge in [0.05, 0.1) is 5.92 Å². The number of pyridine rings is 1. The van der Waals surface area contributed by atoms with E-state index in [1.165, 1.54) is 11.6 Å². The van der Waals surface area contributed by atoms with Crippen molar-refractivity contribution >= 4 is 27.6 Å². The summed E-state index contributed by atoms with van der Waals surface area (Å²) in [5.74, 6) is -15.9. The molecule has 0 radical (unpaired) electrons. The van der Waals surface area contributed by atoms with E-state index in [1.54, 1.807) is 0 Å². The molecular formula is C17H17F5N6O5S. The number of benzene rings is 1. The predicted octanol–water partition coefficient (Wildman–Crippen LogP) is 0.344. The molecule has 17 heteroatoms. The first-order valence-corrected chi connectivity index (χ1v) is 10.5. The molecule has 34 heavy (non-hydrogen) atoms. The number of hydrogen-bond donors (Lipinski definition) is 5. The minimum atomic E-state index is -5.59. The maximum Gasteiger partial charge on any atom is 0.272 e. The standard InChI is InChI=1S/C17H17F5N6O5S/c1-5-4-7(6(15(23)29)2-3-33-27-17(24)25)13(16(30)26-5)28-34(31,32)14-11(21)9(19)8(18)10(20)12(14)22/h4,6,28H,2-3H2,1H3,(H2,23,29)(H,26,30)(H4,24,25,27). The number of aromatic amines is 1. The number of guanidine groups is 1. The van der Waals surface area contributed by atoms with Crippen molar-refractivity contribution < 1.29 is 40.0 Å². The second kappa shape index (κ2) is 9.94. The lowest BCUT2D eigenvalue weighted by Crippen LogP contribution is -2.29. The Labute approximate surface area is 187 Å². The van der Waals surface area contributed by atoms with Crippen LogP contribution in [0.4, 0.5) is 27.6 Å². The maximum atomic E-state index is 14.1. The van der Waals surface area contributed by atoms with Gasteiger partial charge in [0.25, 0.3) is 15.6 Å². The number of rotatable bonds is 9. The molecule has 1 unspecified atom stereocenters. The quantitative estimate of drug-likeness (QED) is 0.0607. The van der Waals surface area contributed by atoms with E-state index >= 15 is 0 Å². The molecule has 0 spiro atoms. The number of aromatic nitrogens is 1. The number of nitrogens with zero attached hydrogens (tertiary/aromatic N) is 1. The Hall–Kier alpha value is -3.89. The van der Waals surface area contributed by atoms with E-state index in [2.05, 4.69) is 10.1 Å². The summed E-state index contributed by atoms with van der Waals surface area (Å²) in [5, 5.41) is 3.20. The lowest BCUT2D eigenvalue weighted by Gasteiger charge is -2.19. The van der Waals surface area contributed by atoms with E-state index in [0.717, 1.165) is 6.07 Å². The van der Waals surface area contributed by atoms with Gasteiger partial charge in [-0.05, 0) is 30.1 Å². The van der Waals surface area contributed by atoms with Crippen molar-refractivity contribution in [3.8, 4) is 0 Å². The summed E-state index contributed by atoms with van der Waals surface area (Å²) >= 11 is 0. The zero-order chi connectivity index (χ0) is 26.0. The third-order valence-corrected chi connectivity index (χ3v) is 5.63. The average Bonchev–Trinajstić information content (AvgIpc) is 2.72. The van der Waals surface area contributed by atoms with Crippen molar-refractivity contribution in [1.82, 2.24) is 4.98 Å². The van der Waals surface area contributed by atoms with E-state index in [1.807, 2.05) is 0 Å². The lowest BCUT2D eigenvalue weighted by molar-refractivity contribution is -0.119. The molecule has 8 N–H and O–H groups in total. The largest absolute Gasteiger partial charge is 0.393 e. The van der Waals surface area contributed by atoms with Gasteiger partial charge in [-0.2, -0.15) is 0 Å². The second-order valence-electron chi connectivity index (χ2n) is 6.71. The maximum absolute atomic E-state index is 14.1. The van der Waals surface area contributed by atoms with E-state index in [4.69, 9.17) is 22.0 Å². The summed E-state index contributed by atoms with van der Waals surface area (Å²) in [7, 11) is -5.59. The number of nitrogens with two attached hydrogens (primary N) is 3. The van der Waals surface area contributed by atoms with Crippen LogP contribution in [0.1, 0.15) is 23.6 Å². The first-order chi connectivity index (χ1) is 15.7. The van der Waals surface area contributed by atoms with Crippen LogP contribution >= 0.6 is 0 Å². The zero-order valence-electron chi connectivity index (χ0n) is 17.1. The number of halogens is 5. The van der Waals surface area contributed by atoms with Crippen LogP contribution in [0.2, 0.25) is 0 Å². The first-order valence-electron chi connectivity index (χ1n) is 8.97. The molecule has 0 saturated carbocycles. The number of hydrogen-bond acceptors (Lipinski definition) is 6. The van der Waals surface area contributed by atoms with Gasteiger partial charge in [0.1, 0.15) is 12.3 Å². The predicted molar refractivity (Wildman–Crippen MR) is 107 cm³/mol. The van der Waals surface area contributed by atoms with Crippen LogP contribution < -0.4 is 27.5 Å². The van der Waals surface area contributed by atoms with Crippen LogP contribution in [-0.2, 0) is 19.7 Å². The SMILES string of the molecule is Cc1cc(C(CCON=C(N)N)C(N)=O)c(NS(=O)(=O)c2c(F)c(F)c(F)c(F)c2F)c(=O)[nH]1. The van der Waals surface area contributed by atoms with Crippen molar-refractivity contribution in [2.45, 2.75) is 24.2 Å². The minimum absolute atomic E-state index is 0.107. The number of anilines is 1. The Morgan fingerprint density at radius 3 is 2.12 bits per heavy atom. The van der Waals surface area contributed by atoms with Gasteiger partial charge in [0.15, 0.2) is 28.2 Å². The smallest absolute Gasteiger partial charge is 0.272 e. The third kappa shape index (κ3) is 5.36. The third-order valence-electron chi connectivity index (χ3n) is 4.26. The van der Waals surface area contributed by atoms with Crippen molar-refractivity contribution in [1.29, 1.82) is 0 Å². The molecule has 0 aliphatic rings. The summed E-state index contributed by atoms with van der Waals surface area (Å²) in [6.45, 7) is 0.988. The summed E-state index contributed by atoms with van der Waals surface area (Å²) in [6.07, 6.45) is -0.313. The number of nitrogens with one attached hydrogen (secondary N) is 2. The number of primary amides is 1. The number of carbonyl (C=O) groups excluding carboxylic acids is 1. The van der Waals surface area contributed by atoms with Gasteiger partial charge in [-0.1, -0.05) is 0 Å². The Morgan fingerprint density at radius 1 is 1.09 bits per heavy atom. The number of aryl methyl sites for hydroxylation is 1. The van der Waals surface area contributed by atoms with E-state index in [9.17, 15) is 40.0 Å². The highest BCUT2D eigenvalue weighted by Gasteiger charge is 2.35. The van der Waals surface area contributed by atoms with Gasteiger partial charge < -0.3 is 27.0 Å². The van der Waals surface area contributed by atoms with Gasteiger partial charge in [-0.15, -0.1) is 0 Å². The molecule has 1 heterocycles. The summed E-state index contributed by atoms with van der Waals surface area (Å²) in [6, 6.07) is 1.10. The molecule has 2 rings (SSSR count). The molecule has 1 amide bonds. The van der Waals surface area contributed by atoms with Crippen LogP contribution in [0.5, 0.6) is 0 Å². The van der Waals surface area contributed by atoms with Crippen LogP contribution in [0.15, 0.2) is 20.9 Å². The first kappa shape index (κ1) is 26.4. The Morgan fingerprint density at radius 2 is 1.62 bits per heavy atom. The van der Waals surface area contributed by atoms with Crippen LogP contribution in [0, 0.1) is 36.0 Å². The molecule has 0 bridgehead atoms. The molecule has 0 saturated heterocycles. The second-order valence-corrected chi connectivity index (χ2v) is 8.33. The molecule has 0 aliphatic heterocycles. The monoisotopic (exact) mass is 512 g/mol. The van der Waals surface area contributed by atoms with Gasteiger partial charge in [0.2, 0.25) is 17.7 Å². The topological polar surface area (TPSA) is 196 Å². The zero-order valence-corrected chi connectivity index (χ0v) is 17.9. The van der Waals surface area contributed by atoms with E-state index in [0.29, 0.717) is 0 Å². The van der Waals surface area contributed by atoms with Crippen molar-refractivity contribution in [3.63, 3.8) is 0 Å². The molecule has 0 aliphatic carbocycles. The fourth-order valence-corrected chi connectivity index (χ4v) is 4.07. The summed E-state index contributed by atoms with van der Waals surface area (Å²) in [5.41, 5.74) is 13.0. The highest BCUT2D eigenvalue weighted by atomic mass is 32.2. The molecule has 1 aromatic carbocycles. The highest BCUT2D eigenvalue weighted by molar-refractivity contribution is 7.92. The molecule has 2 aromatic rings. The minimum Gasteiger partial charge on any atom is -0.393 e. The molecule has 186 valence electrons. The Kier molecular flexibility index (Phi) is 7.71.